The van der Waals surface area contributed by atoms with Gasteiger partial charge >= 0.3 is 6.18 Å². The highest BCUT2D eigenvalue weighted by atomic mass is 19.4. The van der Waals surface area contributed by atoms with Crippen molar-refractivity contribution in [2.24, 2.45) is 0 Å². The number of halogens is 3. The van der Waals surface area contributed by atoms with E-state index in [9.17, 15) is 18.0 Å². The fourth-order valence-corrected chi connectivity index (χ4v) is 4.07. The van der Waals surface area contributed by atoms with Gasteiger partial charge in [0.05, 0.1) is 25.1 Å². The molecule has 178 valence electrons. The number of piperidine rings is 1. The minimum atomic E-state index is -4.86. The summed E-state index contributed by atoms with van der Waals surface area (Å²) in [5.41, 5.74) is -0.822. The Morgan fingerprint density at radius 3 is 2.35 bits per heavy atom. The molecule has 2 aliphatic heterocycles. The third kappa shape index (κ3) is 4.48. The largest absolute Gasteiger partial charge is 0.437 e. The summed E-state index contributed by atoms with van der Waals surface area (Å²) in [4.78, 5) is 22.6. The molecule has 2 fully saturated rings. The summed E-state index contributed by atoms with van der Waals surface area (Å²) >= 11 is 0. The highest BCUT2D eigenvalue weighted by molar-refractivity contribution is 6.03. The second kappa shape index (κ2) is 8.73. The minimum absolute atomic E-state index is 0.232. The topological polar surface area (TPSA) is 89.7 Å². The smallest absolute Gasteiger partial charge is 0.430 e. The molecule has 2 aromatic heterocycles. The van der Waals surface area contributed by atoms with Crippen LogP contribution in [0.2, 0.25) is 0 Å². The highest BCUT2D eigenvalue weighted by Gasteiger charge is 2.42. The molecule has 0 unspecified atom stereocenters. The number of nitrogens with one attached hydrogen (secondary N) is 1. The predicted molar refractivity (Wildman–Crippen MR) is 115 cm³/mol. The molecule has 1 amide bonds. The average Bonchev–Trinajstić information content (AvgIpc) is 3.49. The van der Waals surface area contributed by atoms with Crippen molar-refractivity contribution in [3.05, 3.63) is 60.1 Å². The number of hydrogen-bond acceptors (Lipinski definition) is 7. The zero-order valence-electron chi connectivity index (χ0n) is 18.0. The summed E-state index contributed by atoms with van der Waals surface area (Å²) in [5.74, 6) is -2.08. The van der Waals surface area contributed by atoms with E-state index in [0.29, 0.717) is 50.5 Å². The van der Waals surface area contributed by atoms with Gasteiger partial charge in [0.2, 0.25) is 11.7 Å². The summed E-state index contributed by atoms with van der Waals surface area (Å²) < 4.78 is 57.2. The predicted octanol–water partition coefficient (Wildman–Crippen LogP) is 4.35. The number of amides is 1. The Morgan fingerprint density at radius 1 is 1.03 bits per heavy atom. The molecule has 2 aliphatic rings. The SMILES string of the molecule is O=C(Nc1ccc(N2CCC3(CC2)OCCO3)nc1)c1oc(-c2ccccc2)nc1C(F)(F)F. The first-order valence-corrected chi connectivity index (χ1v) is 10.8. The van der Waals surface area contributed by atoms with E-state index in [-0.39, 0.29) is 11.6 Å². The number of carbonyl (C=O) groups excluding carboxylic acids is 1. The second-order valence-electron chi connectivity index (χ2n) is 8.01. The van der Waals surface area contributed by atoms with Crippen molar-refractivity contribution in [3.63, 3.8) is 0 Å². The molecule has 2 saturated heterocycles. The van der Waals surface area contributed by atoms with Crippen molar-refractivity contribution in [2.45, 2.75) is 24.8 Å². The maximum Gasteiger partial charge on any atom is 0.437 e. The van der Waals surface area contributed by atoms with Gasteiger partial charge in [-0.15, -0.1) is 0 Å². The minimum Gasteiger partial charge on any atom is -0.430 e. The Morgan fingerprint density at radius 2 is 1.74 bits per heavy atom. The van der Waals surface area contributed by atoms with Gasteiger partial charge in [-0.2, -0.15) is 13.2 Å². The van der Waals surface area contributed by atoms with Crippen LogP contribution in [-0.4, -0.2) is 48.0 Å². The maximum absolute atomic E-state index is 13.5. The number of pyridine rings is 1. The van der Waals surface area contributed by atoms with Crippen LogP contribution < -0.4 is 10.2 Å². The number of nitrogens with zero attached hydrogens (tertiary/aromatic N) is 3. The van der Waals surface area contributed by atoms with Crippen LogP contribution in [0.4, 0.5) is 24.7 Å². The first kappa shape index (κ1) is 22.4. The molecule has 0 saturated carbocycles. The van der Waals surface area contributed by atoms with E-state index in [1.54, 1.807) is 42.5 Å². The van der Waals surface area contributed by atoms with Gasteiger partial charge in [0, 0.05) is 31.5 Å². The first-order chi connectivity index (χ1) is 16.3. The lowest BCUT2D eigenvalue weighted by atomic mass is 10.0. The van der Waals surface area contributed by atoms with Crippen LogP contribution >= 0.6 is 0 Å². The van der Waals surface area contributed by atoms with Gasteiger partial charge in [0.15, 0.2) is 11.5 Å². The number of benzene rings is 1. The number of rotatable bonds is 4. The molecular formula is C23H21F3N4O4. The molecule has 1 aromatic carbocycles. The van der Waals surface area contributed by atoms with Crippen LogP contribution in [-0.2, 0) is 15.7 Å². The quantitative estimate of drug-likeness (QED) is 0.601. The van der Waals surface area contributed by atoms with Gasteiger partial charge in [-0.25, -0.2) is 9.97 Å². The molecule has 0 aliphatic carbocycles. The van der Waals surface area contributed by atoms with Crippen LogP contribution in [0.1, 0.15) is 29.1 Å². The molecule has 1 spiro atoms. The molecule has 8 nitrogen and oxygen atoms in total. The number of aromatic nitrogens is 2. The molecular weight excluding hydrogens is 453 g/mol. The number of alkyl halides is 3. The van der Waals surface area contributed by atoms with E-state index in [0.717, 1.165) is 0 Å². The average molecular weight is 474 g/mol. The Labute approximate surface area is 192 Å². The standard InChI is InChI=1S/C23H21F3N4O4/c24-23(25,26)19-18(34-21(29-19)15-4-2-1-3-5-15)20(31)28-16-6-7-17(27-14-16)30-10-8-22(9-11-30)32-12-13-33-22/h1-7,14H,8-13H2,(H,28,31). The molecule has 0 atom stereocenters. The van der Waals surface area contributed by atoms with Gasteiger partial charge in [-0.1, -0.05) is 18.2 Å². The summed E-state index contributed by atoms with van der Waals surface area (Å²) in [7, 11) is 0. The molecule has 1 N–H and O–H groups in total. The van der Waals surface area contributed by atoms with E-state index < -0.39 is 29.3 Å². The Balaban J connectivity index is 1.29. The number of oxazole rings is 1. The van der Waals surface area contributed by atoms with Gasteiger partial charge < -0.3 is 24.1 Å². The Bertz CT molecular complexity index is 1150. The van der Waals surface area contributed by atoms with Crippen LogP contribution in [0.15, 0.2) is 53.1 Å². The van der Waals surface area contributed by atoms with Crippen LogP contribution in [0, 0.1) is 0 Å². The van der Waals surface area contributed by atoms with Gasteiger partial charge in [0.25, 0.3) is 5.91 Å². The molecule has 3 aromatic rings. The van der Waals surface area contributed by atoms with Gasteiger partial charge in [-0.05, 0) is 24.3 Å². The normalized spacial score (nSPS) is 17.8. The molecule has 5 rings (SSSR count). The second-order valence-corrected chi connectivity index (χ2v) is 8.01. The van der Waals surface area contributed by atoms with E-state index in [2.05, 4.69) is 20.2 Å². The van der Waals surface area contributed by atoms with Crippen LogP contribution in [0.3, 0.4) is 0 Å². The van der Waals surface area contributed by atoms with Crippen molar-refractivity contribution in [2.75, 3.05) is 36.5 Å². The van der Waals surface area contributed by atoms with E-state index in [1.807, 2.05) is 0 Å². The lowest BCUT2D eigenvalue weighted by Gasteiger charge is -2.38. The highest BCUT2D eigenvalue weighted by Crippen LogP contribution is 2.35. The summed E-state index contributed by atoms with van der Waals surface area (Å²) in [6.07, 6.45) is -2.04. The lowest BCUT2D eigenvalue weighted by molar-refractivity contribution is -0.169. The fraction of sp³-hybridized carbons (Fsp3) is 0.348. The number of anilines is 2. The third-order valence-corrected chi connectivity index (χ3v) is 5.79. The summed E-state index contributed by atoms with van der Waals surface area (Å²) in [6.45, 7) is 2.57. The first-order valence-electron chi connectivity index (χ1n) is 10.8. The van der Waals surface area contributed by atoms with Gasteiger partial charge in [-0.3, -0.25) is 4.79 Å². The van der Waals surface area contributed by atoms with Gasteiger partial charge in [0.1, 0.15) is 5.82 Å². The molecule has 0 bridgehead atoms. The van der Waals surface area contributed by atoms with Crippen molar-refractivity contribution in [3.8, 4) is 11.5 Å². The summed E-state index contributed by atoms with van der Waals surface area (Å²) in [6, 6.07) is 11.3. The van der Waals surface area contributed by atoms with Crippen molar-refractivity contribution >= 4 is 17.4 Å². The van der Waals surface area contributed by atoms with Crippen molar-refractivity contribution in [1.29, 1.82) is 0 Å². The zero-order chi connectivity index (χ0) is 23.8. The zero-order valence-corrected chi connectivity index (χ0v) is 18.0. The fourth-order valence-electron chi connectivity index (χ4n) is 4.07. The van der Waals surface area contributed by atoms with Crippen molar-refractivity contribution < 1.29 is 31.9 Å². The molecule has 11 heteroatoms. The number of hydrogen-bond donors (Lipinski definition) is 1. The Hall–Kier alpha value is -3.44. The van der Waals surface area contributed by atoms with Crippen LogP contribution in [0.5, 0.6) is 0 Å². The summed E-state index contributed by atoms with van der Waals surface area (Å²) in [5, 5.41) is 2.41. The number of ether oxygens (including phenoxy) is 2. The number of carbonyl (C=O) groups is 1. The third-order valence-electron chi connectivity index (χ3n) is 5.79. The van der Waals surface area contributed by atoms with E-state index in [1.165, 1.54) is 6.20 Å². The lowest BCUT2D eigenvalue weighted by Crippen LogP contribution is -2.45. The van der Waals surface area contributed by atoms with Crippen molar-refractivity contribution in [1.82, 2.24) is 9.97 Å². The monoisotopic (exact) mass is 474 g/mol. The van der Waals surface area contributed by atoms with Crippen LogP contribution in [0.25, 0.3) is 11.5 Å². The maximum atomic E-state index is 13.5. The van der Waals surface area contributed by atoms with E-state index in [4.69, 9.17) is 13.9 Å². The molecule has 34 heavy (non-hydrogen) atoms. The molecule has 0 radical (unpaired) electrons. The van der Waals surface area contributed by atoms with E-state index >= 15 is 0 Å². The molecule has 4 heterocycles. The Kier molecular flexibility index (Phi) is 5.74.